The molecule has 2 N–H and O–H groups in total. The van der Waals surface area contributed by atoms with Crippen LogP contribution in [0.3, 0.4) is 0 Å². The standard InChI is InChI=1S/C20H23FN2O2/c21-16-6-8-17(9-7-16)25-18-10-12-23(13-11-18)20(24)14-19(22)15-4-2-1-3-5-15/h1-9,18-19H,10-14,22H2. The maximum absolute atomic E-state index is 12.9. The topological polar surface area (TPSA) is 55.6 Å². The molecule has 0 bridgehead atoms. The number of likely N-dealkylation sites (tertiary alicyclic amines) is 1. The number of benzene rings is 2. The van der Waals surface area contributed by atoms with E-state index in [1.807, 2.05) is 35.2 Å². The molecule has 0 spiro atoms. The Bertz CT molecular complexity index is 683. The lowest BCUT2D eigenvalue weighted by atomic mass is 10.0. The smallest absolute Gasteiger partial charge is 0.224 e. The van der Waals surface area contributed by atoms with E-state index < -0.39 is 0 Å². The second-order valence-electron chi connectivity index (χ2n) is 6.37. The average Bonchev–Trinajstić information content (AvgIpc) is 2.65. The van der Waals surface area contributed by atoms with Crippen LogP contribution in [-0.4, -0.2) is 30.0 Å². The van der Waals surface area contributed by atoms with Crippen LogP contribution in [0.15, 0.2) is 54.6 Å². The van der Waals surface area contributed by atoms with Crippen molar-refractivity contribution < 1.29 is 13.9 Å². The van der Waals surface area contributed by atoms with Gasteiger partial charge in [-0.1, -0.05) is 30.3 Å². The molecule has 0 aromatic heterocycles. The van der Waals surface area contributed by atoms with E-state index in [-0.39, 0.29) is 23.9 Å². The van der Waals surface area contributed by atoms with Crippen molar-refractivity contribution in [2.24, 2.45) is 5.73 Å². The molecule has 132 valence electrons. The quantitative estimate of drug-likeness (QED) is 0.907. The lowest BCUT2D eigenvalue weighted by Crippen LogP contribution is -2.42. The van der Waals surface area contributed by atoms with Crippen LogP contribution >= 0.6 is 0 Å². The number of carbonyl (C=O) groups excluding carboxylic acids is 1. The zero-order valence-electron chi connectivity index (χ0n) is 14.1. The molecule has 1 saturated heterocycles. The molecule has 0 radical (unpaired) electrons. The molecule has 1 aliphatic rings. The minimum Gasteiger partial charge on any atom is -0.490 e. The average molecular weight is 342 g/mol. The molecular weight excluding hydrogens is 319 g/mol. The van der Waals surface area contributed by atoms with Crippen molar-refractivity contribution in [3.8, 4) is 5.75 Å². The molecule has 1 unspecified atom stereocenters. The van der Waals surface area contributed by atoms with Gasteiger partial charge in [0, 0.05) is 38.4 Å². The van der Waals surface area contributed by atoms with Crippen molar-refractivity contribution in [3.05, 3.63) is 66.0 Å². The lowest BCUT2D eigenvalue weighted by Gasteiger charge is -2.32. The highest BCUT2D eigenvalue weighted by molar-refractivity contribution is 5.77. The minimum absolute atomic E-state index is 0.0531. The van der Waals surface area contributed by atoms with E-state index in [1.165, 1.54) is 12.1 Å². The normalized spacial score (nSPS) is 16.5. The van der Waals surface area contributed by atoms with Gasteiger partial charge in [0.2, 0.25) is 5.91 Å². The van der Waals surface area contributed by atoms with Crippen LogP contribution in [0.1, 0.15) is 30.9 Å². The van der Waals surface area contributed by atoms with E-state index in [4.69, 9.17) is 10.5 Å². The fourth-order valence-corrected chi connectivity index (χ4v) is 3.06. The maximum Gasteiger partial charge on any atom is 0.224 e. The number of nitrogens with two attached hydrogens (primary N) is 1. The van der Waals surface area contributed by atoms with Crippen molar-refractivity contribution in [3.63, 3.8) is 0 Å². The number of piperidine rings is 1. The zero-order chi connectivity index (χ0) is 17.6. The third-order valence-corrected chi connectivity index (χ3v) is 4.53. The van der Waals surface area contributed by atoms with Gasteiger partial charge in [-0.3, -0.25) is 4.79 Å². The van der Waals surface area contributed by atoms with Crippen LogP contribution in [0.2, 0.25) is 0 Å². The molecule has 5 heteroatoms. The first kappa shape index (κ1) is 17.4. The largest absolute Gasteiger partial charge is 0.490 e. The van der Waals surface area contributed by atoms with E-state index in [9.17, 15) is 9.18 Å². The molecule has 0 aliphatic carbocycles. The Kier molecular flexibility index (Phi) is 5.66. The van der Waals surface area contributed by atoms with Crippen LogP contribution in [0.5, 0.6) is 5.75 Å². The molecule has 2 aromatic carbocycles. The number of ether oxygens (including phenoxy) is 1. The van der Waals surface area contributed by atoms with Crippen LogP contribution in [0.4, 0.5) is 4.39 Å². The highest BCUT2D eigenvalue weighted by atomic mass is 19.1. The SMILES string of the molecule is NC(CC(=O)N1CCC(Oc2ccc(F)cc2)CC1)c1ccccc1. The molecule has 1 aliphatic heterocycles. The number of amides is 1. The van der Waals surface area contributed by atoms with E-state index in [2.05, 4.69) is 0 Å². The van der Waals surface area contributed by atoms with Crippen LogP contribution in [-0.2, 0) is 4.79 Å². The van der Waals surface area contributed by atoms with Gasteiger partial charge >= 0.3 is 0 Å². The van der Waals surface area contributed by atoms with Crippen molar-refractivity contribution in [2.45, 2.75) is 31.4 Å². The van der Waals surface area contributed by atoms with E-state index in [0.717, 1.165) is 18.4 Å². The number of hydrogen-bond donors (Lipinski definition) is 1. The Morgan fingerprint density at radius 2 is 1.76 bits per heavy atom. The summed E-state index contributed by atoms with van der Waals surface area (Å²) in [4.78, 5) is 14.3. The summed E-state index contributed by atoms with van der Waals surface area (Å²) in [5.41, 5.74) is 7.12. The van der Waals surface area contributed by atoms with Gasteiger partial charge in [-0.05, 0) is 29.8 Å². The molecule has 1 atom stereocenters. The summed E-state index contributed by atoms with van der Waals surface area (Å²) >= 11 is 0. The Hall–Kier alpha value is -2.40. The molecule has 0 saturated carbocycles. The Labute approximate surface area is 147 Å². The van der Waals surface area contributed by atoms with E-state index >= 15 is 0 Å². The van der Waals surface area contributed by atoms with Crippen LogP contribution < -0.4 is 10.5 Å². The Morgan fingerprint density at radius 1 is 1.12 bits per heavy atom. The summed E-state index contributed by atoms with van der Waals surface area (Å²) in [6.07, 6.45) is 1.90. The Morgan fingerprint density at radius 3 is 2.40 bits per heavy atom. The van der Waals surface area contributed by atoms with Crippen LogP contribution in [0, 0.1) is 5.82 Å². The Balaban J connectivity index is 1.46. The van der Waals surface area contributed by atoms with Gasteiger partial charge in [0.15, 0.2) is 0 Å². The maximum atomic E-state index is 12.9. The molecular formula is C20H23FN2O2. The predicted octanol–water partition coefficient (Wildman–Crippen LogP) is 3.29. The molecule has 2 aromatic rings. The van der Waals surface area contributed by atoms with Crippen LogP contribution in [0.25, 0.3) is 0 Å². The highest BCUT2D eigenvalue weighted by Crippen LogP contribution is 2.21. The lowest BCUT2D eigenvalue weighted by molar-refractivity contribution is -0.133. The van der Waals surface area contributed by atoms with Gasteiger partial charge in [-0.25, -0.2) is 4.39 Å². The first-order valence-electron chi connectivity index (χ1n) is 8.62. The minimum atomic E-state index is -0.276. The summed E-state index contributed by atoms with van der Waals surface area (Å²) < 4.78 is 18.8. The predicted molar refractivity (Wildman–Crippen MR) is 94.6 cm³/mol. The van der Waals surface area contributed by atoms with E-state index in [1.54, 1.807) is 12.1 Å². The summed E-state index contributed by atoms with van der Waals surface area (Å²) in [6.45, 7) is 1.32. The first-order valence-corrected chi connectivity index (χ1v) is 8.62. The molecule has 1 heterocycles. The zero-order valence-corrected chi connectivity index (χ0v) is 14.1. The van der Waals surface area contributed by atoms with E-state index in [0.29, 0.717) is 25.3 Å². The second kappa shape index (κ2) is 8.12. The number of nitrogens with zero attached hydrogens (tertiary/aromatic N) is 1. The molecule has 1 amide bonds. The number of hydrogen-bond acceptors (Lipinski definition) is 3. The molecule has 3 rings (SSSR count). The fraction of sp³-hybridized carbons (Fsp3) is 0.350. The molecule has 25 heavy (non-hydrogen) atoms. The van der Waals surface area contributed by atoms with Crippen molar-refractivity contribution in [1.82, 2.24) is 4.90 Å². The summed E-state index contributed by atoms with van der Waals surface area (Å²) in [5, 5.41) is 0. The molecule has 1 fully saturated rings. The van der Waals surface area contributed by atoms with Crippen molar-refractivity contribution in [1.29, 1.82) is 0 Å². The second-order valence-corrected chi connectivity index (χ2v) is 6.37. The summed E-state index contributed by atoms with van der Waals surface area (Å²) in [5.74, 6) is 0.469. The van der Waals surface area contributed by atoms with Crippen molar-refractivity contribution in [2.75, 3.05) is 13.1 Å². The van der Waals surface area contributed by atoms with Gasteiger partial charge in [-0.2, -0.15) is 0 Å². The number of carbonyl (C=O) groups is 1. The first-order chi connectivity index (χ1) is 12.1. The molecule has 4 nitrogen and oxygen atoms in total. The third-order valence-electron chi connectivity index (χ3n) is 4.53. The number of halogens is 1. The summed E-state index contributed by atoms with van der Waals surface area (Å²) in [6, 6.07) is 15.4. The summed E-state index contributed by atoms with van der Waals surface area (Å²) in [7, 11) is 0. The van der Waals surface area contributed by atoms with Crippen molar-refractivity contribution >= 4 is 5.91 Å². The highest BCUT2D eigenvalue weighted by Gasteiger charge is 2.25. The monoisotopic (exact) mass is 342 g/mol. The van der Waals surface area contributed by atoms with Gasteiger partial charge in [0.1, 0.15) is 17.7 Å². The van der Waals surface area contributed by atoms with Gasteiger partial charge in [0.05, 0.1) is 0 Å². The van der Waals surface area contributed by atoms with Gasteiger partial charge < -0.3 is 15.4 Å². The number of rotatable bonds is 5. The third kappa shape index (κ3) is 4.79. The van der Waals surface area contributed by atoms with Gasteiger partial charge in [0.25, 0.3) is 0 Å². The van der Waals surface area contributed by atoms with Gasteiger partial charge in [-0.15, -0.1) is 0 Å². The fourth-order valence-electron chi connectivity index (χ4n) is 3.06.